The molecule has 3 aromatic carbocycles. The van der Waals surface area contributed by atoms with Gasteiger partial charge < -0.3 is 5.32 Å². The molecule has 0 saturated carbocycles. The third-order valence-corrected chi connectivity index (χ3v) is 5.59. The zero-order chi connectivity index (χ0) is 20.8. The van der Waals surface area contributed by atoms with Crippen LogP contribution < -0.4 is 10.9 Å². The van der Waals surface area contributed by atoms with E-state index in [2.05, 4.69) is 21.2 Å². The van der Waals surface area contributed by atoms with Crippen LogP contribution in [0.1, 0.15) is 17.0 Å². The molecule has 0 fully saturated rings. The lowest BCUT2D eigenvalue weighted by Crippen LogP contribution is -2.22. The van der Waals surface area contributed by atoms with E-state index in [-0.39, 0.29) is 11.5 Å². The monoisotopic (exact) mass is 457 g/mol. The molecule has 0 saturated heterocycles. The molecule has 6 heteroatoms. The Hall–Kier alpha value is -3.51. The molecule has 0 bridgehead atoms. The first-order valence-corrected chi connectivity index (χ1v) is 10.2. The van der Waals surface area contributed by atoms with Gasteiger partial charge in [-0.25, -0.2) is 4.98 Å². The second-order valence-corrected chi connectivity index (χ2v) is 8.08. The van der Waals surface area contributed by atoms with Crippen LogP contribution in [0.25, 0.3) is 28.2 Å². The maximum atomic E-state index is 13.5. The van der Waals surface area contributed by atoms with Crippen LogP contribution in [0.3, 0.4) is 0 Å². The Balaban J connectivity index is 1.84. The molecule has 2 heterocycles. The Morgan fingerprint density at radius 3 is 2.67 bits per heavy atom. The summed E-state index contributed by atoms with van der Waals surface area (Å²) in [4.78, 5) is 30.9. The quantitative estimate of drug-likeness (QED) is 0.433. The molecular weight excluding hydrogens is 442 g/mol. The van der Waals surface area contributed by atoms with Crippen molar-refractivity contribution in [1.29, 1.82) is 0 Å². The molecular formula is C24H16BrN3O2. The number of hydrogen-bond donors (Lipinski definition) is 1. The highest BCUT2D eigenvalue weighted by Gasteiger charge is 2.24. The van der Waals surface area contributed by atoms with E-state index in [0.717, 1.165) is 21.3 Å². The molecule has 0 spiro atoms. The van der Waals surface area contributed by atoms with E-state index >= 15 is 0 Å². The van der Waals surface area contributed by atoms with Gasteiger partial charge in [0, 0.05) is 15.7 Å². The number of carbonyl (C=O) groups is 1. The summed E-state index contributed by atoms with van der Waals surface area (Å²) in [5.74, 6) is 0.194. The molecule has 30 heavy (non-hydrogen) atoms. The number of amides is 1. The highest BCUT2D eigenvalue weighted by atomic mass is 79.9. The van der Waals surface area contributed by atoms with E-state index in [1.807, 2.05) is 61.5 Å². The summed E-state index contributed by atoms with van der Waals surface area (Å²) < 4.78 is 2.36. The molecule has 1 amide bonds. The zero-order valence-electron chi connectivity index (χ0n) is 16.0. The van der Waals surface area contributed by atoms with Crippen molar-refractivity contribution in [3.63, 3.8) is 0 Å². The maximum absolute atomic E-state index is 13.5. The Labute approximate surface area is 180 Å². The Morgan fingerprint density at radius 2 is 1.83 bits per heavy atom. The fourth-order valence-electron chi connectivity index (χ4n) is 3.70. The molecule has 1 aromatic heterocycles. The standard InChI is InChI=1S/C24H16BrN3O2/c1-14-5-4-6-16(11-14)28-22(26-21-10-9-15(25)12-19(21)24(28)30)13-18-17-7-2-3-8-20(17)27-23(18)29/h2-13H,1H3,(H,27,29)/b18-13-. The number of nitrogens with zero attached hydrogens (tertiary/aromatic N) is 2. The molecule has 0 aliphatic carbocycles. The van der Waals surface area contributed by atoms with Crippen LogP contribution in [0.4, 0.5) is 5.69 Å². The summed E-state index contributed by atoms with van der Waals surface area (Å²) in [5.41, 5.74) is 4.14. The Morgan fingerprint density at radius 1 is 1.00 bits per heavy atom. The third kappa shape index (κ3) is 3.06. The largest absolute Gasteiger partial charge is 0.321 e. The summed E-state index contributed by atoms with van der Waals surface area (Å²) in [6.07, 6.45) is 1.69. The predicted octanol–water partition coefficient (Wildman–Crippen LogP) is 4.95. The molecule has 5 nitrogen and oxygen atoms in total. The van der Waals surface area contributed by atoms with Gasteiger partial charge in [-0.1, -0.05) is 46.3 Å². The molecule has 5 rings (SSSR count). The van der Waals surface area contributed by atoms with E-state index in [9.17, 15) is 9.59 Å². The first-order chi connectivity index (χ1) is 14.5. The van der Waals surface area contributed by atoms with E-state index in [0.29, 0.717) is 28.0 Å². The molecule has 1 N–H and O–H groups in total. The molecule has 0 unspecified atom stereocenters. The summed E-state index contributed by atoms with van der Waals surface area (Å²) in [6.45, 7) is 1.97. The van der Waals surface area contributed by atoms with Crippen molar-refractivity contribution in [1.82, 2.24) is 9.55 Å². The highest BCUT2D eigenvalue weighted by Crippen LogP contribution is 2.32. The molecule has 0 radical (unpaired) electrons. The van der Waals surface area contributed by atoms with Crippen LogP contribution in [-0.2, 0) is 4.79 Å². The summed E-state index contributed by atoms with van der Waals surface area (Å²) >= 11 is 3.43. The van der Waals surface area contributed by atoms with Gasteiger partial charge in [0.1, 0.15) is 5.82 Å². The molecule has 1 aliphatic heterocycles. The summed E-state index contributed by atoms with van der Waals surface area (Å²) in [7, 11) is 0. The van der Waals surface area contributed by atoms with Gasteiger partial charge in [-0.15, -0.1) is 0 Å². The number of halogens is 1. The van der Waals surface area contributed by atoms with Gasteiger partial charge in [-0.05, 0) is 55.0 Å². The maximum Gasteiger partial charge on any atom is 0.266 e. The minimum absolute atomic E-state index is 0.189. The van der Waals surface area contributed by atoms with Crippen LogP contribution in [-0.4, -0.2) is 15.5 Å². The average molecular weight is 458 g/mol. The Bertz CT molecular complexity index is 1440. The first kappa shape index (κ1) is 18.5. The van der Waals surface area contributed by atoms with Crippen molar-refractivity contribution < 1.29 is 4.79 Å². The van der Waals surface area contributed by atoms with Crippen molar-refractivity contribution >= 4 is 50.1 Å². The fraction of sp³-hybridized carbons (Fsp3) is 0.0417. The van der Waals surface area contributed by atoms with E-state index in [1.165, 1.54) is 0 Å². The van der Waals surface area contributed by atoms with Crippen LogP contribution in [0.5, 0.6) is 0 Å². The summed E-state index contributed by atoms with van der Waals surface area (Å²) in [6, 6.07) is 20.6. The zero-order valence-corrected chi connectivity index (χ0v) is 17.6. The van der Waals surface area contributed by atoms with Gasteiger partial charge in [0.15, 0.2) is 0 Å². The minimum atomic E-state index is -0.211. The van der Waals surface area contributed by atoms with Gasteiger partial charge in [0.25, 0.3) is 11.5 Å². The lowest BCUT2D eigenvalue weighted by atomic mass is 10.1. The van der Waals surface area contributed by atoms with Gasteiger partial charge in [0.05, 0.1) is 22.2 Å². The van der Waals surface area contributed by atoms with Crippen LogP contribution in [0.15, 0.2) is 76.0 Å². The second kappa shape index (κ2) is 7.07. The highest BCUT2D eigenvalue weighted by molar-refractivity contribution is 9.10. The van der Waals surface area contributed by atoms with Crippen LogP contribution in [0, 0.1) is 6.92 Å². The molecule has 4 aromatic rings. The minimum Gasteiger partial charge on any atom is -0.321 e. The summed E-state index contributed by atoms with van der Waals surface area (Å²) in [5, 5.41) is 3.37. The number of carbonyl (C=O) groups excluding carboxylic acids is 1. The average Bonchev–Trinajstić information content (AvgIpc) is 3.04. The topological polar surface area (TPSA) is 64.0 Å². The third-order valence-electron chi connectivity index (χ3n) is 5.10. The van der Waals surface area contributed by atoms with Gasteiger partial charge in [0.2, 0.25) is 0 Å². The van der Waals surface area contributed by atoms with Gasteiger partial charge >= 0.3 is 0 Å². The lowest BCUT2D eigenvalue weighted by molar-refractivity contribution is -0.110. The number of aryl methyl sites for hydroxylation is 1. The second-order valence-electron chi connectivity index (χ2n) is 7.17. The predicted molar refractivity (Wildman–Crippen MR) is 123 cm³/mol. The van der Waals surface area contributed by atoms with E-state index in [1.54, 1.807) is 22.8 Å². The SMILES string of the molecule is Cc1cccc(-n2c(/C=C3\C(=O)Nc4ccccc43)nc3ccc(Br)cc3c2=O)c1. The fourth-order valence-corrected chi connectivity index (χ4v) is 4.06. The number of aromatic nitrogens is 2. The van der Waals surface area contributed by atoms with Crippen molar-refractivity contribution in [3.05, 3.63) is 98.5 Å². The smallest absolute Gasteiger partial charge is 0.266 e. The number of benzene rings is 3. The number of hydrogen-bond acceptors (Lipinski definition) is 3. The molecule has 146 valence electrons. The number of nitrogens with one attached hydrogen (secondary N) is 1. The molecule has 0 atom stereocenters. The van der Waals surface area contributed by atoms with E-state index in [4.69, 9.17) is 4.98 Å². The number of rotatable bonds is 2. The number of anilines is 1. The molecule has 1 aliphatic rings. The normalized spacial score (nSPS) is 14.2. The lowest BCUT2D eigenvalue weighted by Gasteiger charge is -2.13. The number of fused-ring (bicyclic) bond motifs is 2. The van der Waals surface area contributed by atoms with E-state index < -0.39 is 0 Å². The van der Waals surface area contributed by atoms with Crippen molar-refractivity contribution in [2.24, 2.45) is 0 Å². The first-order valence-electron chi connectivity index (χ1n) is 9.43. The van der Waals surface area contributed by atoms with Crippen LogP contribution >= 0.6 is 15.9 Å². The van der Waals surface area contributed by atoms with Crippen LogP contribution in [0.2, 0.25) is 0 Å². The van der Waals surface area contributed by atoms with Crippen molar-refractivity contribution in [2.45, 2.75) is 6.92 Å². The van der Waals surface area contributed by atoms with Crippen molar-refractivity contribution in [3.8, 4) is 5.69 Å². The Kier molecular flexibility index (Phi) is 4.37. The number of para-hydroxylation sites is 1. The van der Waals surface area contributed by atoms with Gasteiger partial charge in [-0.3, -0.25) is 14.2 Å². The van der Waals surface area contributed by atoms with Crippen molar-refractivity contribution in [2.75, 3.05) is 5.32 Å². The van der Waals surface area contributed by atoms with Gasteiger partial charge in [-0.2, -0.15) is 0 Å².